The van der Waals surface area contributed by atoms with Crippen molar-refractivity contribution in [3.63, 3.8) is 0 Å². The number of carbonyl (C=O) groups is 2. The fourth-order valence-electron chi connectivity index (χ4n) is 1.60. The summed E-state index contributed by atoms with van der Waals surface area (Å²) >= 11 is 2.04. The molecule has 0 spiro atoms. The molecule has 2 aromatic rings. The minimum absolute atomic E-state index is 0.144. The van der Waals surface area contributed by atoms with E-state index in [-0.39, 0.29) is 24.8 Å². The molecular formula is C15H14IN3O3. The fraction of sp³-hybridized carbons (Fsp3) is 0.133. The lowest BCUT2D eigenvalue weighted by Crippen LogP contribution is -2.28. The van der Waals surface area contributed by atoms with Gasteiger partial charge in [-0.2, -0.15) is 5.10 Å². The lowest BCUT2D eigenvalue weighted by Gasteiger charge is -2.04. The Bertz CT molecular complexity index is 668. The Balaban J connectivity index is 1.67. The van der Waals surface area contributed by atoms with Crippen LogP contribution in [0.2, 0.25) is 0 Å². The maximum Gasteiger partial charge on any atom is 0.251 e. The van der Waals surface area contributed by atoms with E-state index in [4.69, 9.17) is 4.42 Å². The number of furan rings is 1. The van der Waals surface area contributed by atoms with Gasteiger partial charge in [0, 0.05) is 18.5 Å². The predicted molar refractivity (Wildman–Crippen MR) is 90.6 cm³/mol. The van der Waals surface area contributed by atoms with E-state index in [2.05, 4.69) is 15.8 Å². The zero-order valence-corrected chi connectivity index (χ0v) is 13.7. The molecule has 0 bridgehead atoms. The minimum Gasteiger partial charge on any atom is -0.449 e. The minimum atomic E-state index is -0.286. The molecule has 0 aliphatic rings. The fourth-order valence-corrected chi connectivity index (χ4v) is 2.04. The van der Waals surface area contributed by atoms with E-state index in [9.17, 15) is 9.59 Å². The summed E-state index contributed by atoms with van der Waals surface area (Å²) in [7, 11) is 0. The topological polar surface area (TPSA) is 83.7 Å². The van der Waals surface area contributed by atoms with Gasteiger partial charge in [0.1, 0.15) is 5.76 Å². The molecule has 1 aromatic carbocycles. The third kappa shape index (κ3) is 5.32. The van der Waals surface area contributed by atoms with Crippen LogP contribution in [0.5, 0.6) is 0 Å². The molecule has 0 fully saturated rings. The van der Waals surface area contributed by atoms with Crippen LogP contribution < -0.4 is 10.7 Å². The molecule has 114 valence electrons. The molecule has 0 saturated carbocycles. The second kappa shape index (κ2) is 8.32. The highest BCUT2D eigenvalue weighted by Crippen LogP contribution is 2.07. The van der Waals surface area contributed by atoms with Crippen LogP contribution in [0.4, 0.5) is 0 Å². The van der Waals surface area contributed by atoms with Crippen molar-refractivity contribution in [2.24, 2.45) is 5.10 Å². The van der Waals surface area contributed by atoms with E-state index in [1.165, 1.54) is 6.21 Å². The monoisotopic (exact) mass is 411 g/mol. The molecule has 6 nitrogen and oxygen atoms in total. The molecule has 0 saturated heterocycles. The second-order valence-corrected chi connectivity index (χ2v) is 5.37. The number of nitrogens with one attached hydrogen (secondary N) is 2. The van der Waals surface area contributed by atoms with Crippen LogP contribution in [0.3, 0.4) is 0 Å². The number of hydrogen-bond donors (Lipinski definition) is 2. The van der Waals surface area contributed by atoms with Gasteiger partial charge in [-0.25, -0.2) is 5.43 Å². The maximum absolute atomic E-state index is 11.7. The average Bonchev–Trinajstić information content (AvgIpc) is 2.93. The van der Waals surface area contributed by atoms with Crippen molar-refractivity contribution >= 4 is 40.6 Å². The number of rotatable bonds is 6. The summed E-state index contributed by atoms with van der Waals surface area (Å²) in [6.45, 7) is 0.244. The third-order valence-electron chi connectivity index (χ3n) is 2.65. The quantitative estimate of drug-likeness (QED) is 0.434. The number of carbonyl (C=O) groups excluding carboxylic acids is 2. The Labute approximate surface area is 141 Å². The smallest absolute Gasteiger partial charge is 0.251 e. The van der Waals surface area contributed by atoms with Gasteiger partial charge in [0.2, 0.25) is 5.91 Å². The van der Waals surface area contributed by atoms with Crippen molar-refractivity contribution in [2.45, 2.75) is 6.42 Å². The van der Waals surface area contributed by atoms with Crippen LogP contribution in [0.1, 0.15) is 22.5 Å². The molecule has 22 heavy (non-hydrogen) atoms. The van der Waals surface area contributed by atoms with Crippen LogP contribution in [0.25, 0.3) is 0 Å². The summed E-state index contributed by atoms with van der Waals surface area (Å²) in [5.74, 6) is 0.0648. The van der Waals surface area contributed by atoms with E-state index < -0.39 is 0 Å². The normalized spacial score (nSPS) is 10.6. The van der Waals surface area contributed by atoms with Gasteiger partial charge in [-0.15, -0.1) is 0 Å². The zero-order valence-electron chi connectivity index (χ0n) is 11.6. The molecule has 0 radical (unpaired) electrons. The molecule has 0 unspecified atom stereocenters. The van der Waals surface area contributed by atoms with Crippen LogP contribution in [0.15, 0.2) is 52.0 Å². The lowest BCUT2D eigenvalue weighted by molar-refractivity contribution is -0.120. The molecule has 2 N–H and O–H groups in total. The standard InChI is InChI=1S/C15H14IN3O3/c16-13-7-6-12(22-13)10-18-19-14(20)8-9-17-15(21)11-4-2-1-3-5-11/h1-7,10H,8-9H2,(H,17,21)(H,19,20). The first-order valence-corrected chi connectivity index (χ1v) is 7.63. The van der Waals surface area contributed by atoms with Crippen LogP contribution in [-0.2, 0) is 4.79 Å². The van der Waals surface area contributed by atoms with Crippen LogP contribution in [0, 0.1) is 3.77 Å². The van der Waals surface area contributed by atoms with E-state index in [1.807, 2.05) is 28.7 Å². The highest BCUT2D eigenvalue weighted by molar-refractivity contribution is 14.1. The first-order chi connectivity index (χ1) is 10.6. The molecule has 2 amide bonds. The van der Waals surface area contributed by atoms with Gasteiger partial charge in [0.05, 0.1) is 6.21 Å². The summed E-state index contributed by atoms with van der Waals surface area (Å²) < 4.78 is 6.00. The first kappa shape index (κ1) is 16.2. The summed E-state index contributed by atoms with van der Waals surface area (Å²) in [5.41, 5.74) is 2.93. The van der Waals surface area contributed by atoms with E-state index >= 15 is 0 Å². The van der Waals surface area contributed by atoms with Crippen molar-refractivity contribution < 1.29 is 14.0 Å². The van der Waals surface area contributed by atoms with Crippen LogP contribution >= 0.6 is 22.6 Å². The molecule has 1 heterocycles. The highest BCUT2D eigenvalue weighted by atomic mass is 127. The van der Waals surface area contributed by atoms with Gasteiger partial charge in [0.15, 0.2) is 3.77 Å². The summed E-state index contributed by atoms with van der Waals surface area (Å²) in [4.78, 5) is 23.3. The van der Waals surface area contributed by atoms with Crippen molar-refractivity contribution in [3.8, 4) is 0 Å². The average molecular weight is 411 g/mol. The summed E-state index contributed by atoms with van der Waals surface area (Å²) in [6, 6.07) is 12.4. The van der Waals surface area contributed by atoms with E-state index in [1.54, 1.807) is 36.4 Å². The summed E-state index contributed by atoms with van der Waals surface area (Å²) in [6.07, 6.45) is 1.56. The van der Waals surface area contributed by atoms with E-state index in [0.717, 1.165) is 3.77 Å². The molecule has 1 aromatic heterocycles. The largest absolute Gasteiger partial charge is 0.449 e. The number of nitrogens with zero attached hydrogens (tertiary/aromatic N) is 1. The van der Waals surface area contributed by atoms with Gasteiger partial charge < -0.3 is 9.73 Å². The van der Waals surface area contributed by atoms with Crippen molar-refractivity contribution in [1.29, 1.82) is 0 Å². The Kier molecular flexibility index (Phi) is 6.13. The van der Waals surface area contributed by atoms with Gasteiger partial charge >= 0.3 is 0 Å². The molecule has 0 atom stereocenters. The van der Waals surface area contributed by atoms with Gasteiger partial charge in [0.25, 0.3) is 5.91 Å². The lowest BCUT2D eigenvalue weighted by atomic mass is 10.2. The number of halogens is 1. The Hall–Kier alpha value is -2.16. The van der Waals surface area contributed by atoms with Gasteiger partial charge in [-0.1, -0.05) is 18.2 Å². The molecule has 2 rings (SSSR count). The summed E-state index contributed by atoms with van der Waals surface area (Å²) in [5, 5.41) is 6.45. The van der Waals surface area contributed by atoms with Gasteiger partial charge in [-0.05, 0) is 46.9 Å². The second-order valence-electron chi connectivity index (χ2n) is 4.31. The predicted octanol–water partition coefficient (Wildman–Crippen LogP) is 2.15. The Morgan fingerprint density at radius 3 is 2.64 bits per heavy atom. The Morgan fingerprint density at radius 2 is 1.95 bits per heavy atom. The third-order valence-corrected chi connectivity index (χ3v) is 3.23. The van der Waals surface area contributed by atoms with Gasteiger partial charge in [-0.3, -0.25) is 9.59 Å². The van der Waals surface area contributed by atoms with Crippen LogP contribution in [-0.4, -0.2) is 24.6 Å². The highest BCUT2D eigenvalue weighted by Gasteiger charge is 2.05. The molecule has 0 aliphatic carbocycles. The number of hydrogen-bond acceptors (Lipinski definition) is 4. The SMILES string of the molecule is O=C(CCNC(=O)c1ccccc1)NN=Cc1ccc(I)o1. The maximum atomic E-state index is 11.7. The van der Waals surface area contributed by atoms with Crippen molar-refractivity contribution in [3.05, 3.63) is 57.6 Å². The van der Waals surface area contributed by atoms with E-state index in [0.29, 0.717) is 11.3 Å². The number of benzene rings is 1. The van der Waals surface area contributed by atoms with Crippen molar-refractivity contribution in [1.82, 2.24) is 10.7 Å². The van der Waals surface area contributed by atoms with Crippen molar-refractivity contribution in [2.75, 3.05) is 6.54 Å². The zero-order chi connectivity index (χ0) is 15.8. The molecule has 7 heteroatoms. The molecule has 0 aliphatic heterocycles. The number of hydrazone groups is 1. The first-order valence-electron chi connectivity index (χ1n) is 6.55. The molecular weight excluding hydrogens is 397 g/mol. The number of amides is 2. The Morgan fingerprint density at radius 1 is 1.18 bits per heavy atom.